The summed E-state index contributed by atoms with van der Waals surface area (Å²) in [5.41, 5.74) is 6.06. The van der Waals surface area contributed by atoms with Crippen LogP contribution in [0.25, 0.3) is 0 Å². The van der Waals surface area contributed by atoms with Crippen molar-refractivity contribution < 1.29 is 4.74 Å². The molecule has 6 heteroatoms. The van der Waals surface area contributed by atoms with Gasteiger partial charge >= 0.3 is 0 Å². The Morgan fingerprint density at radius 1 is 1.56 bits per heavy atom. The van der Waals surface area contributed by atoms with Gasteiger partial charge in [-0.05, 0) is 19.8 Å². The Hall–Kier alpha value is -1.27. The first-order chi connectivity index (χ1) is 8.70. The molecule has 1 saturated heterocycles. The minimum atomic E-state index is 0.274. The molecule has 2 rings (SSSR count). The molecule has 1 atom stereocenters. The summed E-state index contributed by atoms with van der Waals surface area (Å²) in [6.07, 6.45) is 5.91. The van der Waals surface area contributed by atoms with E-state index in [2.05, 4.69) is 21.8 Å². The summed E-state index contributed by atoms with van der Waals surface area (Å²) < 4.78 is 5.64. The summed E-state index contributed by atoms with van der Waals surface area (Å²) in [6, 6.07) is 0. The lowest BCUT2D eigenvalue weighted by Gasteiger charge is -2.24. The Morgan fingerprint density at radius 2 is 2.39 bits per heavy atom. The van der Waals surface area contributed by atoms with Gasteiger partial charge in [-0.2, -0.15) is 0 Å². The predicted octanol–water partition coefficient (Wildman–Crippen LogP) is 1.12. The Balaban J connectivity index is 2.04. The molecular formula is C12H18N4OS. The number of thiocarbonyl (C=S) groups is 1. The molecule has 98 valence electrons. The summed E-state index contributed by atoms with van der Waals surface area (Å²) in [7, 11) is 0. The second-order valence-electron chi connectivity index (χ2n) is 4.30. The summed E-state index contributed by atoms with van der Waals surface area (Å²) in [6.45, 7) is 4.70. The van der Waals surface area contributed by atoms with Gasteiger partial charge in [0.25, 0.3) is 0 Å². The Morgan fingerprint density at radius 3 is 2.89 bits per heavy atom. The Bertz CT molecular complexity index is 403. The van der Waals surface area contributed by atoms with Crippen molar-refractivity contribution in [2.45, 2.75) is 25.9 Å². The molecule has 0 saturated carbocycles. The zero-order valence-electron chi connectivity index (χ0n) is 10.5. The van der Waals surface area contributed by atoms with E-state index in [1.165, 1.54) is 0 Å². The average Bonchev–Trinajstić information content (AvgIpc) is 2.89. The second kappa shape index (κ2) is 6.06. The molecule has 0 radical (unpaired) electrons. The second-order valence-corrected chi connectivity index (χ2v) is 4.74. The third-order valence-corrected chi connectivity index (χ3v) is 3.25. The summed E-state index contributed by atoms with van der Waals surface area (Å²) in [5.74, 6) is 0.841. The predicted molar refractivity (Wildman–Crippen MR) is 74.8 cm³/mol. The molecule has 0 aliphatic carbocycles. The smallest absolute Gasteiger partial charge is 0.147 e. The molecule has 0 amide bonds. The lowest BCUT2D eigenvalue weighted by atomic mass is 10.2. The van der Waals surface area contributed by atoms with Crippen LogP contribution in [0.15, 0.2) is 12.4 Å². The lowest BCUT2D eigenvalue weighted by Crippen LogP contribution is -2.32. The van der Waals surface area contributed by atoms with Gasteiger partial charge in [-0.1, -0.05) is 12.2 Å². The molecule has 1 unspecified atom stereocenters. The van der Waals surface area contributed by atoms with Crippen molar-refractivity contribution in [2.24, 2.45) is 5.73 Å². The van der Waals surface area contributed by atoms with E-state index in [-0.39, 0.29) is 4.99 Å². The SMILES string of the molecule is CCN(CC1CCCO1)c1cnc(C(N)=S)cn1. The van der Waals surface area contributed by atoms with Crippen molar-refractivity contribution in [3.8, 4) is 0 Å². The van der Waals surface area contributed by atoms with Gasteiger partial charge in [0.2, 0.25) is 0 Å². The molecule has 0 aromatic carbocycles. The fraction of sp³-hybridized carbons (Fsp3) is 0.583. The van der Waals surface area contributed by atoms with E-state index in [1.807, 2.05) is 0 Å². The molecule has 0 spiro atoms. The summed E-state index contributed by atoms with van der Waals surface area (Å²) in [5, 5.41) is 0. The summed E-state index contributed by atoms with van der Waals surface area (Å²) >= 11 is 4.86. The van der Waals surface area contributed by atoms with Gasteiger partial charge in [-0.25, -0.2) is 9.97 Å². The molecule has 1 aliphatic rings. The molecule has 2 N–H and O–H groups in total. The maximum atomic E-state index is 5.64. The molecule has 2 heterocycles. The molecule has 1 aromatic rings. The number of anilines is 1. The van der Waals surface area contributed by atoms with E-state index in [4.69, 9.17) is 22.7 Å². The molecule has 0 bridgehead atoms. The van der Waals surface area contributed by atoms with Crippen molar-refractivity contribution in [1.82, 2.24) is 9.97 Å². The standard InChI is InChI=1S/C12H18N4OS/c1-2-16(8-9-4-3-5-17-9)11-7-14-10(6-15-11)12(13)18/h6-7,9H,2-5,8H2,1H3,(H2,13,18). The van der Waals surface area contributed by atoms with Gasteiger partial charge in [-0.3, -0.25) is 0 Å². The van der Waals surface area contributed by atoms with Crippen LogP contribution in [-0.4, -0.2) is 40.8 Å². The van der Waals surface area contributed by atoms with Gasteiger partial charge in [0, 0.05) is 19.7 Å². The molecule has 1 fully saturated rings. The molecule has 18 heavy (non-hydrogen) atoms. The van der Waals surface area contributed by atoms with Crippen LogP contribution in [0.5, 0.6) is 0 Å². The first kappa shape index (κ1) is 13.2. The van der Waals surface area contributed by atoms with Crippen LogP contribution < -0.4 is 10.6 Å². The van der Waals surface area contributed by atoms with Crippen LogP contribution in [0.4, 0.5) is 5.82 Å². The largest absolute Gasteiger partial charge is 0.388 e. The van der Waals surface area contributed by atoms with Crippen molar-refractivity contribution in [2.75, 3.05) is 24.6 Å². The highest BCUT2D eigenvalue weighted by Gasteiger charge is 2.19. The van der Waals surface area contributed by atoms with Gasteiger partial charge in [0.05, 0.1) is 18.5 Å². The number of ether oxygens (including phenoxy) is 1. The monoisotopic (exact) mass is 266 g/mol. The number of likely N-dealkylation sites (N-methyl/N-ethyl adjacent to an activating group) is 1. The van der Waals surface area contributed by atoms with E-state index >= 15 is 0 Å². The highest BCUT2D eigenvalue weighted by Crippen LogP contribution is 2.16. The number of hydrogen-bond acceptors (Lipinski definition) is 5. The number of nitrogens with two attached hydrogens (primary N) is 1. The van der Waals surface area contributed by atoms with Gasteiger partial charge in [0.15, 0.2) is 0 Å². The minimum absolute atomic E-state index is 0.274. The van der Waals surface area contributed by atoms with E-state index in [1.54, 1.807) is 12.4 Å². The molecular weight excluding hydrogens is 248 g/mol. The number of nitrogens with zero attached hydrogens (tertiary/aromatic N) is 3. The number of aromatic nitrogens is 2. The van der Waals surface area contributed by atoms with Gasteiger partial charge in [0.1, 0.15) is 16.5 Å². The first-order valence-corrected chi connectivity index (χ1v) is 6.60. The quantitative estimate of drug-likeness (QED) is 0.806. The van der Waals surface area contributed by atoms with E-state index in [0.29, 0.717) is 11.8 Å². The van der Waals surface area contributed by atoms with E-state index < -0.39 is 0 Å². The Kier molecular flexibility index (Phi) is 4.43. The lowest BCUT2D eigenvalue weighted by molar-refractivity contribution is 0.115. The van der Waals surface area contributed by atoms with Gasteiger partial charge in [-0.15, -0.1) is 0 Å². The van der Waals surface area contributed by atoms with Crippen LogP contribution in [-0.2, 0) is 4.74 Å². The van der Waals surface area contributed by atoms with Gasteiger partial charge < -0.3 is 15.4 Å². The molecule has 5 nitrogen and oxygen atoms in total. The fourth-order valence-electron chi connectivity index (χ4n) is 2.03. The third kappa shape index (κ3) is 3.14. The number of rotatable bonds is 5. The van der Waals surface area contributed by atoms with Crippen molar-refractivity contribution in [3.05, 3.63) is 18.1 Å². The average molecular weight is 266 g/mol. The first-order valence-electron chi connectivity index (χ1n) is 6.19. The van der Waals surface area contributed by atoms with Crippen molar-refractivity contribution >= 4 is 23.0 Å². The van der Waals surface area contributed by atoms with Crippen LogP contribution in [0.1, 0.15) is 25.5 Å². The minimum Gasteiger partial charge on any atom is -0.388 e. The number of hydrogen-bond donors (Lipinski definition) is 1. The van der Waals surface area contributed by atoms with Crippen LogP contribution in [0.2, 0.25) is 0 Å². The van der Waals surface area contributed by atoms with Crippen molar-refractivity contribution in [1.29, 1.82) is 0 Å². The van der Waals surface area contributed by atoms with Crippen LogP contribution in [0, 0.1) is 0 Å². The topological polar surface area (TPSA) is 64.3 Å². The zero-order chi connectivity index (χ0) is 13.0. The van der Waals surface area contributed by atoms with E-state index in [0.717, 1.165) is 38.4 Å². The normalized spacial score (nSPS) is 18.8. The van der Waals surface area contributed by atoms with Crippen molar-refractivity contribution in [3.63, 3.8) is 0 Å². The third-order valence-electron chi connectivity index (χ3n) is 3.04. The zero-order valence-corrected chi connectivity index (χ0v) is 11.3. The molecule has 1 aromatic heterocycles. The highest BCUT2D eigenvalue weighted by atomic mass is 32.1. The van der Waals surface area contributed by atoms with Crippen LogP contribution in [0.3, 0.4) is 0 Å². The van der Waals surface area contributed by atoms with Crippen LogP contribution >= 0.6 is 12.2 Å². The maximum absolute atomic E-state index is 5.64. The summed E-state index contributed by atoms with van der Waals surface area (Å²) in [4.78, 5) is 11.0. The van der Waals surface area contributed by atoms with E-state index in [9.17, 15) is 0 Å². The Labute approximate surface area is 112 Å². The highest BCUT2D eigenvalue weighted by molar-refractivity contribution is 7.80. The maximum Gasteiger partial charge on any atom is 0.147 e. The molecule has 1 aliphatic heterocycles. The fourth-order valence-corrected chi connectivity index (χ4v) is 2.14.